The molecular formula is C29H56O4. The first kappa shape index (κ1) is 31.9. The Morgan fingerprint density at radius 3 is 1.45 bits per heavy atom. The fraction of sp³-hybridized carbons (Fsp3) is 0.931. The van der Waals surface area contributed by atoms with Gasteiger partial charge in [-0.3, -0.25) is 9.59 Å². The van der Waals surface area contributed by atoms with Crippen LogP contribution in [-0.2, 0) is 19.1 Å². The van der Waals surface area contributed by atoms with Crippen molar-refractivity contribution in [3.8, 4) is 0 Å². The molecule has 0 bridgehead atoms. The summed E-state index contributed by atoms with van der Waals surface area (Å²) in [5, 5.41) is 0. The van der Waals surface area contributed by atoms with E-state index in [0.717, 1.165) is 63.2 Å². The van der Waals surface area contributed by atoms with Crippen LogP contribution in [0.5, 0.6) is 0 Å². The van der Waals surface area contributed by atoms with Gasteiger partial charge < -0.3 is 9.47 Å². The molecule has 0 saturated heterocycles. The number of carbonyl (C=O) groups excluding carboxylic acids is 2. The number of rotatable bonds is 23. The molecule has 196 valence electrons. The smallest absolute Gasteiger partial charge is 0.308 e. The first-order chi connectivity index (χ1) is 15.8. The standard InChI is InChI=1S/C29H56O4/c1-25(2)19-15-17-23-32-28(30)22-14-12-10-8-6-7-9-11-13-21-27(5)29(31)33-24-18-16-20-26(3)4/h25-27H,6-24H2,1-5H3. The van der Waals surface area contributed by atoms with Gasteiger partial charge in [-0.15, -0.1) is 0 Å². The van der Waals surface area contributed by atoms with E-state index in [1.54, 1.807) is 0 Å². The molecule has 0 N–H and O–H groups in total. The first-order valence-corrected chi connectivity index (χ1v) is 14.1. The molecule has 0 spiro atoms. The topological polar surface area (TPSA) is 52.6 Å². The predicted octanol–water partition coefficient (Wildman–Crippen LogP) is 8.65. The van der Waals surface area contributed by atoms with Gasteiger partial charge in [-0.1, -0.05) is 98.8 Å². The molecule has 0 aromatic heterocycles. The molecule has 0 aliphatic rings. The minimum Gasteiger partial charge on any atom is -0.466 e. The highest BCUT2D eigenvalue weighted by atomic mass is 16.5. The van der Waals surface area contributed by atoms with E-state index in [4.69, 9.17) is 9.47 Å². The molecule has 0 amide bonds. The SMILES string of the molecule is CC(C)CCCCOC(=O)CCCCCCCCCCCC(C)C(=O)OCCCCC(C)C. The molecule has 0 aromatic rings. The van der Waals surface area contributed by atoms with E-state index < -0.39 is 0 Å². The Labute approximate surface area is 206 Å². The number of esters is 2. The number of hydrogen-bond donors (Lipinski definition) is 0. The Bertz CT molecular complexity index is 459. The third kappa shape index (κ3) is 23.9. The third-order valence-electron chi connectivity index (χ3n) is 6.28. The Morgan fingerprint density at radius 1 is 0.515 bits per heavy atom. The summed E-state index contributed by atoms with van der Waals surface area (Å²) in [5.41, 5.74) is 0. The highest BCUT2D eigenvalue weighted by molar-refractivity contribution is 5.71. The monoisotopic (exact) mass is 468 g/mol. The summed E-state index contributed by atoms with van der Waals surface area (Å²) in [6.45, 7) is 12.1. The maximum absolute atomic E-state index is 12.0. The normalized spacial score (nSPS) is 12.3. The van der Waals surface area contributed by atoms with Crippen molar-refractivity contribution in [2.45, 2.75) is 144 Å². The maximum atomic E-state index is 12.0. The maximum Gasteiger partial charge on any atom is 0.308 e. The zero-order chi connectivity index (χ0) is 24.7. The number of carbonyl (C=O) groups is 2. The van der Waals surface area contributed by atoms with Gasteiger partial charge in [-0.25, -0.2) is 0 Å². The fourth-order valence-electron chi connectivity index (χ4n) is 3.96. The van der Waals surface area contributed by atoms with Crippen LogP contribution < -0.4 is 0 Å². The van der Waals surface area contributed by atoms with Gasteiger partial charge >= 0.3 is 11.9 Å². The van der Waals surface area contributed by atoms with Crippen LogP contribution in [0.15, 0.2) is 0 Å². The van der Waals surface area contributed by atoms with Gasteiger partial charge in [0.25, 0.3) is 0 Å². The van der Waals surface area contributed by atoms with E-state index in [9.17, 15) is 9.59 Å². The van der Waals surface area contributed by atoms with Crippen molar-refractivity contribution in [2.75, 3.05) is 13.2 Å². The van der Waals surface area contributed by atoms with Gasteiger partial charge in [0.1, 0.15) is 0 Å². The van der Waals surface area contributed by atoms with Gasteiger partial charge in [-0.2, -0.15) is 0 Å². The van der Waals surface area contributed by atoms with Crippen molar-refractivity contribution in [2.24, 2.45) is 17.8 Å². The van der Waals surface area contributed by atoms with E-state index in [1.165, 1.54) is 51.4 Å². The average molecular weight is 469 g/mol. The lowest BCUT2D eigenvalue weighted by Crippen LogP contribution is -2.15. The van der Waals surface area contributed by atoms with E-state index in [0.29, 0.717) is 19.6 Å². The fourth-order valence-corrected chi connectivity index (χ4v) is 3.96. The Hall–Kier alpha value is -1.06. The van der Waals surface area contributed by atoms with Crippen molar-refractivity contribution < 1.29 is 19.1 Å². The summed E-state index contributed by atoms with van der Waals surface area (Å²) >= 11 is 0. The van der Waals surface area contributed by atoms with E-state index in [2.05, 4.69) is 27.7 Å². The van der Waals surface area contributed by atoms with Crippen LogP contribution in [0.3, 0.4) is 0 Å². The van der Waals surface area contributed by atoms with Gasteiger partial charge in [-0.05, 0) is 50.4 Å². The highest BCUT2D eigenvalue weighted by Crippen LogP contribution is 2.15. The molecule has 4 heteroatoms. The molecule has 33 heavy (non-hydrogen) atoms. The molecule has 0 aliphatic heterocycles. The van der Waals surface area contributed by atoms with E-state index in [1.807, 2.05) is 6.92 Å². The molecule has 4 nitrogen and oxygen atoms in total. The molecule has 0 rings (SSSR count). The van der Waals surface area contributed by atoms with Crippen molar-refractivity contribution in [3.05, 3.63) is 0 Å². The number of hydrogen-bond acceptors (Lipinski definition) is 4. The zero-order valence-electron chi connectivity index (χ0n) is 22.8. The lowest BCUT2D eigenvalue weighted by molar-refractivity contribution is -0.148. The molecule has 0 saturated carbocycles. The third-order valence-corrected chi connectivity index (χ3v) is 6.28. The minimum absolute atomic E-state index is 0.0189. The van der Waals surface area contributed by atoms with Crippen LogP contribution in [0, 0.1) is 17.8 Å². The van der Waals surface area contributed by atoms with E-state index >= 15 is 0 Å². The van der Waals surface area contributed by atoms with Gasteiger partial charge in [0.15, 0.2) is 0 Å². The predicted molar refractivity (Wildman–Crippen MR) is 139 cm³/mol. The van der Waals surface area contributed by atoms with Crippen molar-refractivity contribution in [1.82, 2.24) is 0 Å². The van der Waals surface area contributed by atoms with Crippen LogP contribution >= 0.6 is 0 Å². The van der Waals surface area contributed by atoms with Crippen LogP contribution in [0.4, 0.5) is 0 Å². The summed E-state index contributed by atoms with van der Waals surface area (Å²) in [6, 6.07) is 0. The highest BCUT2D eigenvalue weighted by Gasteiger charge is 2.13. The lowest BCUT2D eigenvalue weighted by atomic mass is 10.0. The Kier molecular flexibility index (Phi) is 22.0. The second-order valence-corrected chi connectivity index (χ2v) is 10.8. The van der Waals surface area contributed by atoms with Crippen LogP contribution in [0.2, 0.25) is 0 Å². The Morgan fingerprint density at radius 2 is 0.939 bits per heavy atom. The van der Waals surface area contributed by atoms with Crippen LogP contribution in [-0.4, -0.2) is 25.2 Å². The molecule has 0 radical (unpaired) electrons. The van der Waals surface area contributed by atoms with Crippen LogP contribution in [0.1, 0.15) is 144 Å². The minimum atomic E-state index is -0.0243. The molecular weight excluding hydrogens is 412 g/mol. The van der Waals surface area contributed by atoms with Crippen molar-refractivity contribution >= 4 is 11.9 Å². The summed E-state index contributed by atoms with van der Waals surface area (Å²) in [7, 11) is 0. The lowest BCUT2D eigenvalue weighted by Gasteiger charge is -2.11. The van der Waals surface area contributed by atoms with E-state index in [-0.39, 0.29) is 17.9 Å². The van der Waals surface area contributed by atoms with Crippen LogP contribution in [0.25, 0.3) is 0 Å². The first-order valence-electron chi connectivity index (χ1n) is 14.1. The molecule has 1 unspecified atom stereocenters. The molecule has 0 heterocycles. The van der Waals surface area contributed by atoms with Gasteiger partial charge in [0.05, 0.1) is 19.1 Å². The summed E-state index contributed by atoms with van der Waals surface area (Å²) in [5.74, 6) is 1.44. The summed E-state index contributed by atoms with van der Waals surface area (Å²) in [4.78, 5) is 23.7. The van der Waals surface area contributed by atoms with Crippen molar-refractivity contribution in [3.63, 3.8) is 0 Å². The zero-order valence-corrected chi connectivity index (χ0v) is 22.8. The quantitative estimate of drug-likeness (QED) is 0.111. The summed E-state index contributed by atoms with van der Waals surface area (Å²) < 4.78 is 10.7. The average Bonchev–Trinajstić information content (AvgIpc) is 2.76. The Balaban J connectivity index is 3.37. The van der Waals surface area contributed by atoms with Crippen molar-refractivity contribution in [1.29, 1.82) is 0 Å². The van der Waals surface area contributed by atoms with Gasteiger partial charge in [0, 0.05) is 6.42 Å². The molecule has 0 fully saturated rings. The number of unbranched alkanes of at least 4 members (excludes halogenated alkanes) is 10. The summed E-state index contributed by atoms with van der Waals surface area (Å²) in [6.07, 6.45) is 18.9. The second kappa shape index (κ2) is 22.7. The molecule has 0 aliphatic carbocycles. The van der Waals surface area contributed by atoms with Gasteiger partial charge in [0.2, 0.25) is 0 Å². The number of ether oxygens (including phenoxy) is 2. The molecule has 0 aromatic carbocycles. The second-order valence-electron chi connectivity index (χ2n) is 10.8. The molecule has 1 atom stereocenters. The largest absolute Gasteiger partial charge is 0.466 e.